The molecule has 1 aliphatic rings. The molecule has 2 heterocycles. The summed E-state index contributed by atoms with van der Waals surface area (Å²) in [6, 6.07) is 3.53. The normalized spacial score (nSPS) is 19.9. The number of cyclic esters (lactones) is 2. The number of furan rings is 1. The second kappa shape index (κ2) is 3.89. The van der Waals surface area contributed by atoms with Crippen LogP contribution in [-0.4, -0.2) is 23.0 Å². The van der Waals surface area contributed by atoms with Crippen LogP contribution in [0.3, 0.4) is 0 Å². The van der Waals surface area contributed by atoms with Crippen LogP contribution in [0.2, 0.25) is 0 Å². The van der Waals surface area contributed by atoms with Crippen molar-refractivity contribution in [3.8, 4) is 0 Å². The number of rotatable bonds is 3. The Morgan fingerprint density at radius 3 is 2.35 bits per heavy atom. The molecule has 2 rings (SSSR count). The number of hydrogen-bond acceptors (Lipinski definition) is 6. The van der Waals surface area contributed by atoms with E-state index in [1.807, 2.05) is 0 Å². The van der Waals surface area contributed by atoms with Crippen LogP contribution in [0.25, 0.3) is 0 Å². The number of aliphatic hydroxyl groups is 1. The number of ether oxygens (including phenoxy) is 2. The summed E-state index contributed by atoms with van der Waals surface area (Å²) in [6.45, 7) is 3.55. The predicted octanol–water partition coefficient (Wildman–Crippen LogP) is 0.828. The minimum Gasteiger partial charge on any atom is -0.466 e. The Hall–Kier alpha value is -1.82. The number of aryl methyl sites for hydroxylation is 1. The lowest BCUT2D eigenvalue weighted by molar-refractivity contribution is -0.296. The first-order valence-corrected chi connectivity index (χ1v) is 5.15. The van der Waals surface area contributed by atoms with E-state index >= 15 is 0 Å². The van der Waals surface area contributed by atoms with Crippen molar-refractivity contribution in [1.29, 1.82) is 0 Å². The zero-order valence-corrected chi connectivity index (χ0v) is 9.43. The van der Waals surface area contributed by atoms with Crippen LogP contribution in [-0.2, 0) is 19.1 Å². The maximum Gasteiger partial charge on any atom is 0.422 e. The van der Waals surface area contributed by atoms with Gasteiger partial charge < -0.3 is 19.0 Å². The Morgan fingerprint density at radius 1 is 1.29 bits per heavy atom. The molecule has 0 spiro atoms. The molecule has 1 unspecified atom stereocenters. The van der Waals surface area contributed by atoms with E-state index in [9.17, 15) is 14.7 Å². The van der Waals surface area contributed by atoms with Crippen molar-refractivity contribution in [3.63, 3.8) is 0 Å². The van der Waals surface area contributed by atoms with Gasteiger partial charge in [0.1, 0.15) is 11.5 Å². The first kappa shape index (κ1) is 11.7. The van der Waals surface area contributed by atoms with Crippen molar-refractivity contribution in [2.24, 2.45) is 0 Å². The van der Waals surface area contributed by atoms with E-state index in [1.54, 1.807) is 26.0 Å². The van der Waals surface area contributed by atoms with Crippen LogP contribution >= 0.6 is 0 Å². The molecule has 1 aromatic rings. The van der Waals surface area contributed by atoms with Gasteiger partial charge in [0.05, 0.1) is 6.42 Å². The highest BCUT2D eigenvalue weighted by atomic mass is 16.9. The standard InChI is InChI=1S/C11H12O6/c1-6(8-4-3-7(2)15-8)5-11(14)16-9(12)10(13)17-11/h3-4,6,14H,5H2,1-2H3. The number of carbonyl (C=O) groups excluding carboxylic acids is 2. The minimum absolute atomic E-state index is 0.0720. The number of esters is 2. The molecule has 0 amide bonds. The minimum atomic E-state index is -2.19. The van der Waals surface area contributed by atoms with E-state index in [4.69, 9.17) is 4.42 Å². The van der Waals surface area contributed by atoms with E-state index in [0.29, 0.717) is 5.76 Å². The van der Waals surface area contributed by atoms with E-state index in [1.165, 1.54) is 0 Å². The predicted molar refractivity (Wildman–Crippen MR) is 53.6 cm³/mol. The highest BCUT2D eigenvalue weighted by molar-refractivity contribution is 6.31. The summed E-state index contributed by atoms with van der Waals surface area (Å²) in [5.41, 5.74) is 0. The highest BCUT2D eigenvalue weighted by Gasteiger charge is 2.48. The van der Waals surface area contributed by atoms with Crippen LogP contribution in [0.5, 0.6) is 0 Å². The first-order valence-electron chi connectivity index (χ1n) is 5.15. The van der Waals surface area contributed by atoms with E-state index in [-0.39, 0.29) is 12.3 Å². The van der Waals surface area contributed by atoms with Gasteiger partial charge in [-0.2, -0.15) is 0 Å². The topological polar surface area (TPSA) is 86.0 Å². The van der Waals surface area contributed by atoms with Crippen molar-refractivity contribution in [1.82, 2.24) is 0 Å². The molecule has 0 radical (unpaired) electrons. The van der Waals surface area contributed by atoms with Gasteiger partial charge in [0, 0.05) is 5.92 Å². The third kappa shape index (κ3) is 2.31. The van der Waals surface area contributed by atoms with Crippen LogP contribution in [0.1, 0.15) is 30.8 Å². The fraction of sp³-hybridized carbons (Fsp3) is 0.455. The van der Waals surface area contributed by atoms with Crippen molar-refractivity contribution in [2.45, 2.75) is 32.2 Å². The van der Waals surface area contributed by atoms with Crippen LogP contribution < -0.4 is 0 Å². The van der Waals surface area contributed by atoms with Crippen LogP contribution in [0.15, 0.2) is 16.5 Å². The summed E-state index contributed by atoms with van der Waals surface area (Å²) in [7, 11) is 0. The molecule has 1 saturated heterocycles. The van der Waals surface area contributed by atoms with E-state index < -0.39 is 17.9 Å². The molecule has 0 aliphatic carbocycles. The fourth-order valence-corrected chi connectivity index (χ4v) is 1.68. The third-order valence-electron chi connectivity index (χ3n) is 2.48. The van der Waals surface area contributed by atoms with E-state index in [0.717, 1.165) is 5.76 Å². The van der Waals surface area contributed by atoms with Crippen LogP contribution in [0.4, 0.5) is 0 Å². The second-order valence-electron chi connectivity index (χ2n) is 4.05. The molecule has 6 nitrogen and oxygen atoms in total. The smallest absolute Gasteiger partial charge is 0.422 e. The molecule has 0 bridgehead atoms. The second-order valence-corrected chi connectivity index (χ2v) is 4.05. The quantitative estimate of drug-likeness (QED) is 0.622. The lowest BCUT2D eigenvalue weighted by Crippen LogP contribution is -2.31. The Kier molecular flexibility index (Phi) is 2.66. The van der Waals surface area contributed by atoms with Crippen molar-refractivity contribution in [2.75, 3.05) is 0 Å². The molecular formula is C11H12O6. The summed E-state index contributed by atoms with van der Waals surface area (Å²) in [5, 5.41) is 9.74. The molecular weight excluding hydrogens is 228 g/mol. The number of hydrogen-bond donors (Lipinski definition) is 1. The molecule has 1 fully saturated rings. The molecule has 92 valence electrons. The average Bonchev–Trinajstić information content (AvgIpc) is 2.72. The van der Waals surface area contributed by atoms with Gasteiger partial charge in [0.2, 0.25) is 0 Å². The van der Waals surface area contributed by atoms with Crippen molar-refractivity contribution in [3.05, 3.63) is 23.7 Å². The van der Waals surface area contributed by atoms with Crippen LogP contribution in [0, 0.1) is 6.92 Å². The van der Waals surface area contributed by atoms with Gasteiger partial charge in [-0.3, -0.25) is 0 Å². The Labute approximate surface area is 97.1 Å². The van der Waals surface area contributed by atoms with Crippen molar-refractivity contribution < 1.29 is 28.6 Å². The number of carbonyl (C=O) groups is 2. The first-order chi connectivity index (χ1) is 7.89. The average molecular weight is 240 g/mol. The maximum atomic E-state index is 10.8. The van der Waals surface area contributed by atoms with Gasteiger partial charge in [0.15, 0.2) is 0 Å². The van der Waals surface area contributed by atoms with Gasteiger partial charge >= 0.3 is 17.9 Å². The summed E-state index contributed by atoms with van der Waals surface area (Å²) >= 11 is 0. The zero-order valence-electron chi connectivity index (χ0n) is 9.43. The lowest BCUT2D eigenvalue weighted by atomic mass is 10.0. The summed E-state index contributed by atoms with van der Waals surface area (Å²) < 4.78 is 14.3. The molecule has 0 saturated carbocycles. The Balaban J connectivity index is 2.06. The van der Waals surface area contributed by atoms with Gasteiger partial charge in [0.25, 0.3) is 0 Å². The molecule has 0 aromatic carbocycles. The molecule has 1 aliphatic heterocycles. The van der Waals surface area contributed by atoms with Gasteiger partial charge in [-0.1, -0.05) is 6.92 Å². The van der Waals surface area contributed by atoms with E-state index in [2.05, 4.69) is 9.47 Å². The molecule has 1 aromatic heterocycles. The maximum absolute atomic E-state index is 10.8. The molecule has 6 heteroatoms. The lowest BCUT2D eigenvalue weighted by Gasteiger charge is -2.20. The summed E-state index contributed by atoms with van der Waals surface area (Å²) in [4.78, 5) is 21.7. The molecule has 1 atom stereocenters. The monoisotopic (exact) mass is 240 g/mol. The van der Waals surface area contributed by atoms with Gasteiger partial charge in [-0.25, -0.2) is 9.59 Å². The van der Waals surface area contributed by atoms with Gasteiger partial charge in [-0.05, 0) is 19.1 Å². The molecule has 17 heavy (non-hydrogen) atoms. The third-order valence-corrected chi connectivity index (χ3v) is 2.48. The van der Waals surface area contributed by atoms with Gasteiger partial charge in [-0.15, -0.1) is 0 Å². The molecule has 1 N–H and O–H groups in total. The fourth-order valence-electron chi connectivity index (χ4n) is 1.68. The largest absolute Gasteiger partial charge is 0.466 e. The summed E-state index contributed by atoms with van der Waals surface area (Å²) in [6.07, 6.45) is -0.0720. The Morgan fingerprint density at radius 2 is 1.88 bits per heavy atom. The highest BCUT2D eigenvalue weighted by Crippen LogP contribution is 2.31. The zero-order chi connectivity index (χ0) is 12.6. The SMILES string of the molecule is Cc1ccc(C(C)CC2(O)OC(=O)C(=O)O2)o1. The van der Waals surface area contributed by atoms with Crippen molar-refractivity contribution >= 4 is 11.9 Å². The Bertz CT molecular complexity index is 444. The summed E-state index contributed by atoms with van der Waals surface area (Å²) in [5.74, 6) is -3.46.